The summed E-state index contributed by atoms with van der Waals surface area (Å²) >= 11 is 0. The average Bonchev–Trinajstić information content (AvgIpc) is 3.24. The first kappa shape index (κ1) is 16.0. The van der Waals surface area contributed by atoms with Gasteiger partial charge in [-0.25, -0.2) is 0 Å². The van der Waals surface area contributed by atoms with Gasteiger partial charge >= 0.3 is 0 Å². The predicted molar refractivity (Wildman–Crippen MR) is 84.8 cm³/mol. The highest BCUT2D eigenvalue weighted by atomic mass is 16.5. The summed E-state index contributed by atoms with van der Waals surface area (Å²) in [4.78, 5) is 38.5. The molecule has 4 atom stereocenters. The molecule has 0 spiro atoms. The van der Waals surface area contributed by atoms with Crippen molar-refractivity contribution in [2.45, 2.75) is 44.8 Å². The first-order chi connectivity index (χ1) is 11.5. The number of hydrogen-bond acceptors (Lipinski definition) is 5. The molecule has 7 nitrogen and oxygen atoms in total. The second kappa shape index (κ2) is 5.81. The number of carbonyl (C=O) groups is 3. The normalized spacial score (nSPS) is 37.0. The van der Waals surface area contributed by atoms with Crippen LogP contribution in [0.1, 0.15) is 32.6 Å². The molecule has 0 radical (unpaired) electrons. The van der Waals surface area contributed by atoms with Crippen LogP contribution >= 0.6 is 0 Å². The van der Waals surface area contributed by atoms with Gasteiger partial charge in [-0.3, -0.25) is 19.3 Å². The van der Waals surface area contributed by atoms with E-state index in [1.165, 1.54) is 0 Å². The van der Waals surface area contributed by atoms with E-state index in [0.717, 1.165) is 43.7 Å². The number of carbonyl (C=O) groups excluding carboxylic acids is 3. The molecule has 4 saturated heterocycles. The summed E-state index contributed by atoms with van der Waals surface area (Å²) in [5, 5.41) is 6.23. The minimum atomic E-state index is -0.356. The van der Waals surface area contributed by atoms with E-state index >= 15 is 0 Å². The van der Waals surface area contributed by atoms with E-state index in [1.807, 2.05) is 0 Å². The highest BCUT2D eigenvalue weighted by Gasteiger charge is 2.62. The lowest BCUT2D eigenvalue weighted by atomic mass is 9.81. The van der Waals surface area contributed by atoms with Crippen LogP contribution in [0.5, 0.6) is 0 Å². The van der Waals surface area contributed by atoms with Gasteiger partial charge in [0.1, 0.15) is 6.54 Å². The topological polar surface area (TPSA) is 87.7 Å². The van der Waals surface area contributed by atoms with Crippen molar-refractivity contribution in [3.8, 4) is 0 Å². The molecule has 4 rings (SSSR count). The lowest BCUT2D eigenvalue weighted by Crippen LogP contribution is -2.47. The number of piperidine rings is 1. The number of nitrogens with zero attached hydrogens (tertiary/aromatic N) is 1. The summed E-state index contributed by atoms with van der Waals surface area (Å²) in [6.45, 7) is 4.52. The van der Waals surface area contributed by atoms with Crippen LogP contribution in [-0.2, 0) is 19.1 Å². The van der Waals surface area contributed by atoms with Crippen LogP contribution in [0.4, 0.5) is 0 Å². The van der Waals surface area contributed by atoms with Crippen LogP contribution in [0.2, 0.25) is 0 Å². The number of hydrogen-bond donors (Lipinski definition) is 2. The molecule has 24 heavy (non-hydrogen) atoms. The number of rotatable bonds is 4. The lowest BCUT2D eigenvalue weighted by molar-refractivity contribution is -0.146. The molecular weight excluding hydrogens is 310 g/mol. The van der Waals surface area contributed by atoms with Crippen molar-refractivity contribution in [3.05, 3.63) is 0 Å². The van der Waals surface area contributed by atoms with Crippen molar-refractivity contribution in [1.82, 2.24) is 15.5 Å². The molecule has 3 amide bonds. The second-order valence-corrected chi connectivity index (χ2v) is 7.94. The molecule has 4 aliphatic heterocycles. The van der Waals surface area contributed by atoms with Crippen molar-refractivity contribution in [2.24, 2.45) is 17.3 Å². The second-order valence-electron chi connectivity index (χ2n) is 7.94. The quantitative estimate of drug-likeness (QED) is 0.686. The van der Waals surface area contributed by atoms with Crippen molar-refractivity contribution >= 4 is 17.7 Å². The van der Waals surface area contributed by atoms with Gasteiger partial charge in [-0.2, -0.15) is 0 Å². The van der Waals surface area contributed by atoms with Crippen LogP contribution in [-0.4, -0.2) is 61.0 Å². The van der Waals surface area contributed by atoms with E-state index in [1.54, 1.807) is 0 Å². The number of amides is 3. The van der Waals surface area contributed by atoms with Gasteiger partial charge < -0.3 is 15.4 Å². The third-order valence-electron chi connectivity index (χ3n) is 6.20. The molecule has 4 aliphatic rings. The maximum absolute atomic E-state index is 12.5. The van der Waals surface area contributed by atoms with E-state index in [9.17, 15) is 14.4 Å². The van der Waals surface area contributed by atoms with Crippen LogP contribution in [0.25, 0.3) is 0 Å². The minimum absolute atomic E-state index is 0.0867. The summed E-state index contributed by atoms with van der Waals surface area (Å²) in [7, 11) is 0. The van der Waals surface area contributed by atoms with Crippen molar-refractivity contribution in [2.75, 3.05) is 26.2 Å². The van der Waals surface area contributed by atoms with Crippen molar-refractivity contribution in [1.29, 1.82) is 0 Å². The van der Waals surface area contributed by atoms with E-state index in [4.69, 9.17) is 4.74 Å². The molecule has 7 heteroatoms. The third-order valence-corrected chi connectivity index (χ3v) is 6.20. The molecule has 132 valence electrons. The Labute approximate surface area is 141 Å². The van der Waals surface area contributed by atoms with Gasteiger partial charge in [0, 0.05) is 6.54 Å². The molecular formula is C17H25N3O4. The summed E-state index contributed by atoms with van der Waals surface area (Å²) < 4.78 is 5.70. The van der Waals surface area contributed by atoms with Gasteiger partial charge in [0.2, 0.25) is 17.7 Å². The zero-order valence-corrected chi connectivity index (χ0v) is 14.0. The Balaban J connectivity index is 1.34. The summed E-state index contributed by atoms with van der Waals surface area (Å²) in [5.74, 6) is -1.40. The Kier molecular flexibility index (Phi) is 3.88. The fourth-order valence-corrected chi connectivity index (χ4v) is 4.65. The molecule has 0 saturated carbocycles. The smallest absolute Gasteiger partial charge is 0.240 e. The van der Waals surface area contributed by atoms with Crippen molar-refractivity contribution in [3.63, 3.8) is 0 Å². The fourth-order valence-electron chi connectivity index (χ4n) is 4.65. The van der Waals surface area contributed by atoms with Crippen LogP contribution in [0.15, 0.2) is 0 Å². The maximum atomic E-state index is 12.5. The van der Waals surface area contributed by atoms with Gasteiger partial charge in [0.15, 0.2) is 0 Å². The Bertz CT molecular complexity index is 544. The fraction of sp³-hybridized carbons (Fsp3) is 0.824. The Morgan fingerprint density at radius 1 is 1.21 bits per heavy atom. The van der Waals surface area contributed by atoms with E-state index in [0.29, 0.717) is 6.54 Å². The number of likely N-dealkylation sites (tertiary alicyclic amines) is 1. The Morgan fingerprint density at radius 3 is 2.38 bits per heavy atom. The Morgan fingerprint density at radius 2 is 1.79 bits per heavy atom. The summed E-state index contributed by atoms with van der Waals surface area (Å²) in [6, 6.07) is 0. The first-order valence-electron chi connectivity index (χ1n) is 8.97. The van der Waals surface area contributed by atoms with E-state index in [-0.39, 0.29) is 53.7 Å². The van der Waals surface area contributed by atoms with Gasteiger partial charge in [0.05, 0.1) is 24.0 Å². The Hall–Kier alpha value is -1.47. The highest BCUT2D eigenvalue weighted by Crippen LogP contribution is 2.48. The molecule has 0 aliphatic carbocycles. The average molecular weight is 335 g/mol. The number of fused-ring (bicyclic) bond motifs is 5. The molecule has 2 N–H and O–H groups in total. The predicted octanol–water partition coefficient (Wildman–Crippen LogP) is -0.345. The monoisotopic (exact) mass is 335 g/mol. The number of imide groups is 1. The van der Waals surface area contributed by atoms with Crippen LogP contribution < -0.4 is 10.6 Å². The summed E-state index contributed by atoms with van der Waals surface area (Å²) in [6.07, 6.45) is 3.46. The van der Waals surface area contributed by atoms with Crippen LogP contribution in [0.3, 0.4) is 0 Å². The zero-order valence-electron chi connectivity index (χ0n) is 14.0. The van der Waals surface area contributed by atoms with Gasteiger partial charge in [-0.15, -0.1) is 0 Å². The zero-order chi connectivity index (χ0) is 16.9. The summed E-state index contributed by atoms with van der Waals surface area (Å²) in [5.41, 5.74) is 0.0867. The molecule has 2 bridgehead atoms. The SMILES string of the molecule is CC1(CNC(=O)CN2C(=O)C3C4CCC(O4)C3C2=O)CCNCC1. The van der Waals surface area contributed by atoms with Gasteiger partial charge in [-0.05, 0) is 44.2 Å². The molecule has 4 heterocycles. The van der Waals surface area contributed by atoms with E-state index in [2.05, 4.69) is 17.6 Å². The lowest BCUT2D eigenvalue weighted by Gasteiger charge is -2.34. The molecule has 0 aromatic rings. The molecule has 4 fully saturated rings. The van der Waals surface area contributed by atoms with Gasteiger partial charge in [-0.1, -0.05) is 6.92 Å². The number of nitrogens with one attached hydrogen (secondary N) is 2. The maximum Gasteiger partial charge on any atom is 0.240 e. The van der Waals surface area contributed by atoms with Crippen molar-refractivity contribution < 1.29 is 19.1 Å². The minimum Gasteiger partial charge on any atom is -0.373 e. The van der Waals surface area contributed by atoms with Gasteiger partial charge in [0.25, 0.3) is 0 Å². The standard InChI is InChI=1S/C17H25N3O4/c1-17(4-6-18-7-5-17)9-19-12(21)8-20-15(22)13-10-2-3-11(24-10)14(13)16(20)23/h10-11,13-14,18H,2-9H2,1H3,(H,19,21). The molecule has 0 aromatic heterocycles. The van der Waals surface area contributed by atoms with Crippen LogP contribution in [0, 0.1) is 17.3 Å². The first-order valence-corrected chi connectivity index (χ1v) is 8.97. The third kappa shape index (κ3) is 2.54. The molecule has 4 unspecified atom stereocenters. The van der Waals surface area contributed by atoms with E-state index < -0.39 is 0 Å². The largest absolute Gasteiger partial charge is 0.373 e. The highest BCUT2D eigenvalue weighted by molar-refractivity contribution is 6.08. The molecule has 0 aromatic carbocycles. The number of ether oxygens (including phenoxy) is 1.